The number of hydrogen-bond donors (Lipinski definition) is 1. The van der Waals surface area contributed by atoms with Crippen LogP contribution in [0.25, 0.3) is 0 Å². The molecule has 1 aromatic heterocycles. The minimum absolute atomic E-state index is 0.368. The van der Waals surface area contributed by atoms with E-state index in [4.69, 9.17) is 0 Å². The van der Waals surface area contributed by atoms with Crippen LogP contribution in [0, 0.1) is 0 Å². The molecule has 1 amide bonds. The number of nitrogens with zero attached hydrogens (tertiary/aromatic N) is 2. The van der Waals surface area contributed by atoms with E-state index >= 15 is 0 Å². The maximum Gasteiger partial charge on any atom is 0.421 e. The summed E-state index contributed by atoms with van der Waals surface area (Å²) in [5, 5.41) is 2.60. The summed E-state index contributed by atoms with van der Waals surface area (Å²) in [7, 11) is 1.93. The van der Waals surface area contributed by atoms with Crippen molar-refractivity contribution in [3.05, 3.63) is 34.2 Å². The second-order valence-corrected chi connectivity index (χ2v) is 5.44. The molecular weight excluding hydrogens is 311 g/mol. The Kier molecular flexibility index (Phi) is 6.80. The van der Waals surface area contributed by atoms with Crippen molar-refractivity contribution in [3.8, 4) is 0 Å². The second-order valence-electron chi connectivity index (χ2n) is 5.44. The summed E-state index contributed by atoms with van der Waals surface area (Å²) in [5.41, 5.74) is -2.49. The molecule has 0 fully saturated rings. The molecule has 1 rings (SSSR count). The first-order valence-electron chi connectivity index (χ1n) is 7.40. The predicted octanol–water partition coefficient (Wildman–Crippen LogP) is 1.71. The number of aromatic nitrogens is 1. The minimum Gasteiger partial charge on any atom is -0.353 e. The lowest BCUT2D eigenvalue weighted by atomic mass is 10.2. The Bertz CT molecular complexity index is 584. The van der Waals surface area contributed by atoms with Crippen LogP contribution in [0.1, 0.15) is 25.8 Å². The fourth-order valence-electron chi connectivity index (χ4n) is 1.99. The molecule has 0 aliphatic heterocycles. The summed E-state index contributed by atoms with van der Waals surface area (Å²) in [5.74, 6) is -0.496. The number of alkyl halides is 3. The highest BCUT2D eigenvalue weighted by Gasteiger charge is 2.34. The molecule has 0 bridgehead atoms. The van der Waals surface area contributed by atoms with Gasteiger partial charge >= 0.3 is 6.18 Å². The van der Waals surface area contributed by atoms with E-state index in [0.29, 0.717) is 25.2 Å². The van der Waals surface area contributed by atoms with E-state index in [1.165, 1.54) is 6.20 Å². The summed E-state index contributed by atoms with van der Waals surface area (Å²) in [4.78, 5) is 25.6. The molecule has 0 saturated carbocycles. The molecule has 1 heterocycles. The second kappa shape index (κ2) is 8.14. The van der Waals surface area contributed by atoms with Crippen LogP contribution in [-0.2, 0) is 17.5 Å². The maximum absolute atomic E-state index is 12.6. The van der Waals surface area contributed by atoms with Crippen molar-refractivity contribution in [1.82, 2.24) is 14.8 Å². The SMILES string of the molecule is CCC(C)N(C)CCNC(=O)Cn1cccc(C(F)(F)F)c1=O. The number of pyridine rings is 1. The van der Waals surface area contributed by atoms with E-state index in [1.807, 2.05) is 7.05 Å². The summed E-state index contributed by atoms with van der Waals surface area (Å²) < 4.78 is 38.7. The standard InChI is InChI=1S/C15H22F3N3O2/c1-4-11(2)20(3)9-7-19-13(22)10-21-8-5-6-12(14(21)23)15(16,17)18/h5-6,8,11H,4,7,9-10H2,1-3H3,(H,19,22). The van der Waals surface area contributed by atoms with Gasteiger partial charge in [-0.3, -0.25) is 9.59 Å². The molecule has 130 valence electrons. The zero-order valence-electron chi connectivity index (χ0n) is 13.5. The van der Waals surface area contributed by atoms with E-state index in [-0.39, 0.29) is 0 Å². The number of rotatable bonds is 7. The van der Waals surface area contributed by atoms with Gasteiger partial charge < -0.3 is 14.8 Å². The van der Waals surface area contributed by atoms with Gasteiger partial charge in [-0.25, -0.2) is 0 Å². The average Bonchev–Trinajstić information content (AvgIpc) is 2.47. The Labute approximate surface area is 133 Å². The Morgan fingerprint density at radius 2 is 2.09 bits per heavy atom. The molecule has 0 radical (unpaired) electrons. The topological polar surface area (TPSA) is 54.3 Å². The van der Waals surface area contributed by atoms with Crippen molar-refractivity contribution in [2.75, 3.05) is 20.1 Å². The minimum atomic E-state index is -4.73. The van der Waals surface area contributed by atoms with Crippen LogP contribution < -0.4 is 10.9 Å². The van der Waals surface area contributed by atoms with Crippen LogP contribution in [0.4, 0.5) is 13.2 Å². The molecule has 0 aliphatic rings. The molecule has 1 atom stereocenters. The zero-order chi connectivity index (χ0) is 17.6. The van der Waals surface area contributed by atoms with Crippen LogP contribution in [0.3, 0.4) is 0 Å². The van der Waals surface area contributed by atoms with Crippen molar-refractivity contribution >= 4 is 5.91 Å². The molecule has 8 heteroatoms. The molecule has 1 unspecified atom stereocenters. The number of nitrogens with one attached hydrogen (secondary N) is 1. The van der Waals surface area contributed by atoms with Crippen molar-refractivity contribution in [2.45, 2.75) is 39.0 Å². The third-order valence-corrected chi connectivity index (χ3v) is 3.77. The number of halogens is 3. The lowest BCUT2D eigenvalue weighted by molar-refractivity contribution is -0.139. The fourth-order valence-corrected chi connectivity index (χ4v) is 1.99. The molecule has 0 aliphatic carbocycles. The van der Waals surface area contributed by atoms with Gasteiger partial charge in [0, 0.05) is 25.3 Å². The van der Waals surface area contributed by atoms with Crippen LogP contribution in [0.15, 0.2) is 23.1 Å². The van der Waals surface area contributed by atoms with Crippen LogP contribution in [0.5, 0.6) is 0 Å². The smallest absolute Gasteiger partial charge is 0.353 e. The van der Waals surface area contributed by atoms with Gasteiger partial charge in [-0.15, -0.1) is 0 Å². The van der Waals surface area contributed by atoms with E-state index in [9.17, 15) is 22.8 Å². The molecule has 23 heavy (non-hydrogen) atoms. The maximum atomic E-state index is 12.6. The lowest BCUT2D eigenvalue weighted by Crippen LogP contribution is -2.39. The third kappa shape index (κ3) is 5.70. The third-order valence-electron chi connectivity index (χ3n) is 3.77. The van der Waals surface area contributed by atoms with Gasteiger partial charge in [0.2, 0.25) is 5.91 Å². The first-order chi connectivity index (χ1) is 10.7. The molecule has 0 saturated heterocycles. The molecule has 5 nitrogen and oxygen atoms in total. The average molecular weight is 333 g/mol. The van der Waals surface area contributed by atoms with Gasteiger partial charge in [0.15, 0.2) is 0 Å². The monoisotopic (exact) mass is 333 g/mol. The number of likely N-dealkylation sites (N-methyl/N-ethyl adjacent to an activating group) is 1. The molecule has 0 spiro atoms. The van der Waals surface area contributed by atoms with Crippen LogP contribution in [-0.4, -0.2) is 41.6 Å². The Morgan fingerprint density at radius 1 is 1.43 bits per heavy atom. The van der Waals surface area contributed by atoms with Gasteiger partial charge in [0.1, 0.15) is 12.1 Å². The summed E-state index contributed by atoms with van der Waals surface area (Å²) in [6.07, 6.45) is -2.58. The summed E-state index contributed by atoms with van der Waals surface area (Å²) in [6.45, 7) is 4.67. The number of amides is 1. The Balaban J connectivity index is 2.61. The summed E-state index contributed by atoms with van der Waals surface area (Å²) >= 11 is 0. The number of carbonyl (C=O) groups excluding carboxylic acids is 1. The molecular formula is C15H22F3N3O2. The first kappa shape index (κ1) is 19.2. The highest BCUT2D eigenvalue weighted by Crippen LogP contribution is 2.25. The Hall–Kier alpha value is -1.83. The van der Waals surface area contributed by atoms with Crippen molar-refractivity contribution in [2.24, 2.45) is 0 Å². The highest BCUT2D eigenvalue weighted by molar-refractivity contribution is 5.75. The lowest BCUT2D eigenvalue weighted by Gasteiger charge is -2.23. The van der Waals surface area contributed by atoms with Gasteiger partial charge in [-0.2, -0.15) is 13.2 Å². The van der Waals surface area contributed by atoms with Gasteiger partial charge in [0.25, 0.3) is 5.56 Å². The number of hydrogen-bond acceptors (Lipinski definition) is 3. The van der Waals surface area contributed by atoms with E-state index < -0.39 is 29.8 Å². The normalized spacial score (nSPS) is 13.2. The van der Waals surface area contributed by atoms with Gasteiger partial charge in [-0.05, 0) is 32.5 Å². The van der Waals surface area contributed by atoms with Gasteiger partial charge in [-0.1, -0.05) is 6.92 Å². The van der Waals surface area contributed by atoms with Crippen LogP contribution in [0.2, 0.25) is 0 Å². The molecule has 1 aromatic rings. The fraction of sp³-hybridized carbons (Fsp3) is 0.600. The first-order valence-corrected chi connectivity index (χ1v) is 7.40. The van der Waals surface area contributed by atoms with E-state index in [0.717, 1.165) is 17.1 Å². The van der Waals surface area contributed by atoms with E-state index in [1.54, 1.807) is 0 Å². The molecule has 0 aromatic carbocycles. The summed E-state index contributed by atoms with van der Waals surface area (Å²) in [6, 6.07) is 2.18. The van der Waals surface area contributed by atoms with Crippen LogP contribution >= 0.6 is 0 Å². The zero-order valence-corrected chi connectivity index (χ0v) is 13.5. The highest BCUT2D eigenvalue weighted by atomic mass is 19.4. The van der Waals surface area contributed by atoms with Crippen molar-refractivity contribution < 1.29 is 18.0 Å². The number of carbonyl (C=O) groups is 1. The van der Waals surface area contributed by atoms with Gasteiger partial charge in [0.05, 0.1) is 0 Å². The predicted molar refractivity (Wildman–Crippen MR) is 81.1 cm³/mol. The van der Waals surface area contributed by atoms with Crippen molar-refractivity contribution in [1.29, 1.82) is 0 Å². The quantitative estimate of drug-likeness (QED) is 0.827. The Morgan fingerprint density at radius 3 is 2.65 bits per heavy atom. The largest absolute Gasteiger partial charge is 0.421 e. The van der Waals surface area contributed by atoms with E-state index in [2.05, 4.69) is 24.1 Å². The molecule has 1 N–H and O–H groups in total. The van der Waals surface area contributed by atoms with Crippen molar-refractivity contribution in [3.63, 3.8) is 0 Å².